The molecule has 1 heterocycles. The number of amides is 1. The van der Waals surface area contributed by atoms with Gasteiger partial charge in [-0.25, -0.2) is 9.59 Å². The van der Waals surface area contributed by atoms with E-state index in [2.05, 4.69) is 11.0 Å². The van der Waals surface area contributed by atoms with Gasteiger partial charge < -0.3 is 34.1 Å². The second-order valence-electron chi connectivity index (χ2n) is 8.98. The molecular weight excluding hydrogens is 532 g/mol. The minimum Gasteiger partial charge on any atom is -0.496 e. The molecule has 1 saturated heterocycles. The van der Waals surface area contributed by atoms with Gasteiger partial charge in [0.1, 0.15) is 23.7 Å². The van der Waals surface area contributed by atoms with Gasteiger partial charge in [-0.2, -0.15) is 0 Å². The molecule has 1 fully saturated rings. The van der Waals surface area contributed by atoms with Crippen molar-refractivity contribution in [3.05, 3.63) is 83.4 Å². The highest BCUT2D eigenvalue weighted by molar-refractivity contribution is 6.27. The van der Waals surface area contributed by atoms with Gasteiger partial charge in [0, 0.05) is 32.7 Å². The standard InChI is InChI=1S/C28H32N2O5.C2H2O4/c1-32-23-13-12-22(18-26(23)35-20-21-8-5-4-6-9-21)19-29-14-16-30(17-15-29)28(31)27-24(33-2)10-7-11-25(27)34-3;3-1(4)2(5)6/h4-13,18H,14-17,19-20H2,1-3H3;(H,3,4)(H,5,6). The summed E-state index contributed by atoms with van der Waals surface area (Å²) in [6, 6.07) is 21.5. The van der Waals surface area contributed by atoms with E-state index in [1.165, 1.54) is 0 Å². The number of hydrogen-bond acceptors (Lipinski definition) is 8. The van der Waals surface area contributed by atoms with E-state index in [4.69, 9.17) is 38.7 Å². The van der Waals surface area contributed by atoms with Crippen LogP contribution in [0.5, 0.6) is 23.0 Å². The number of piperazine rings is 1. The van der Waals surface area contributed by atoms with E-state index in [0.717, 1.165) is 36.5 Å². The Morgan fingerprint density at radius 3 is 1.80 bits per heavy atom. The van der Waals surface area contributed by atoms with Crippen molar-refractivity contribution in [2.24, 2.45) is 0 Å². The lowest BCUT2D eigenvalue weighted by Gasteiger charge is -2.35. The van der Waals surface area contributed by atoms with Crippen molar-refractivity contribution in [3.8, 4) is 23.0 Å². The lowest BCUT2D eigenvalue weighted by molar-refractivity contribution is -0.159. The van der Waals surface area contributed by atoms with E-state index in [1.54, 1.807) is 33.5 Å². The zero-order valence-corrected chi connectivity index (χ0v) is 23.2. The van der Waals surface area contributed by atoms with E-state index >= 15 is 0 Å². The zero-order valence-electron chi connectivity index (χ0n) is 23.2. The second-order valence-corrected chi connectivity index (χ2v) is 8.98. The van der Waals surface area contributed by atoms with Crippen LogP contribution in [0.1, 0.15) is 21.5 Å². The number of methoxy groups -OCH3 is 3. The average Bonchev–Trinajstić information content (AvgIpc) is 3.00. The van der Waals surface area contributed by atoms with Crippen molar-refractivity contribution < 1.29 is 43.5 Å². The minimum atomic E-state index is -1.82. The Bertz CT molecular complexity index is 1290. The van der Waals surface area contributed by atoms with Crippen LogP contribution in [0.4, 0.5) is 0 Å². The van der Waals surface area contributed by atoms with Gasteiger partial charge in [-0.15, -0.1) is 0 Å². The maximum absolute atomic E-state index is 13.2. The minimum absolute atomic E-state index is 0.0694. The van der Waals surface area contributed by atoms with Crippen molar-refractivity contribution in [3.63, 3.8) is 0 Å². The SMILES string of the molecule is COc1ccc(CN2CCN(C(=O)c3c(OC)cccc3OC)CC2)cc1OCc1ccccc1.O=C(O)C(=O)O. The number of benzene rings is 3. The van der Waals surface area contributed by atoms with Crippen LogP contribution >= 0.6 is 0 Å². The summed E-state index contributed by atoms with van der Waals surface area (Å²) in [6.07, 6.45) is 0. The van der Waals surface area contributed by atoms with Crippen molar-refractivity contribution in [2.75, 3.05) is 47.5 Å². The smallest absolute Gasteiger partial charge is 0.414 e. The molecule has 0 aromatic heterocycles. The Labute approximate surface area is 238 Å². The summed E-state index contributed by atoms with van der Waals surface area (Å²) in [6.45, 7) is 4.06. The quantitative estimate of drug-likeness (QED) is 0.371. The number of ether oxygens (including phenoxy) is 4. The van der Waals surface area contributed by atoms with Gasteiger partial charge in [0.05, 0.1) is 21.3 Å². The summed E-state index contributed by atoms with van der Waals surface area (Å²) in [5, 5.41) is 14.8. The van der Waals surface area contributed by atoms with E-state index in [1.807, 2.05) is 53.4 Å². The van der Waals surface area contributed by atoms with Crippen molar-refractivity contribution >= 4 is 17.8 Å². The third-order valence-corrected chi connectivity index (χ3v) is 6.36. The molecular formula is C30H34N2O9. The van der Waals surface area contributed by atoms with Crippen molar-refractivity contribution in [1.82, 2.24) is 9.80 Å². The Morgan fingerprint density at radius 1 is 0.683 bits per heavy atom. The molecule has 0 unspecified atom stereocenters. The van der Waals surface area contributed by atoms with Crippen LogP contribution in [0.2, 0.25) is 0 Å². The Balaban J connectivity index is 0.000000696. The highest BCUT2D eigenvalue weighted by Gasteiger charge is 2.27. The van der Waals surface area contributed by atoms with Gasteiger partial charge in [-0.3, -0.25) is 9.69 Å². The summed E-state index contributed by atoms with van der Waals surface area (Å²) in [7, 11) is 4.78. The van der Waals surface area contributed by atoms with Gasteiger partial charge in [0.15, 0.2) is 11.5 Å². The van der Waals surface area contributed by atoms with Crippen LogP contribution in [0.15, 0.2) is 66.7 Å². The van der Waals surface area contributed by atoms with E-state index in [0.29, 0.717) is 42.5 Å². The number of hydrogen-bond donors (Lipinski definition) is 2. The van der Waals surface area contributed by atoms with Gasteiger partial charge in [-0.1, -0.05) is 42.5 Å². The van der Waals surface area contributed by atoms with Crippen LogP contribution in [0.25, 0.3) is 0 Å². The fraction of sp³-hybridized carbons (Fsp3) is 0.300. The van der Waals surface area contributed by atoms with E-state index in [-0.39, 0.29) is 5.91 Å². The van der Waals surface area contributed by atoms with E-state index in [9.17, 15) is 4.79 Å². The average molecular weight is 567 g/mol. The molecule has 0 bridgehead atoms. The number of rotatable bonds is 9. The molecule has 11 heteroatoms. The number of carbonyl (C=O) groups excluding carboxylic acids is 1. The topological polar surface area (TPSA) is 135 Å². The molecule has 11 nitrogen and oxygen atoms in total. The van der Waals surface area contributed by atoms with Crippen LogP contribution in [0.3, 0.4) is 0 Å². The molecule has 3 aromatic carbocycles. The Kier molecular flexibility index (Phi) is 11.4. The monoisotopic (exact) mass is 566 g/mol. The number of carboxylic acid groups (broad SMARTS) is 2. The fourth-order valence-corrected chi connectivity index (χ4v) is 4.25. The number of nitrogens with zero attached hydrogens (tertiary/aromatic N) is 2. The lowest BCUT2D eigenvalue weighted by Crippen LogP contribution is -2.48. The van der Waals surface area contributed by atoms with Gasteiger partial charge in [-0.05, 0) is 35.4 Å². The van der Waals surface area contributed by atoms with Gasteiger partial charge >= 0.3 is 11.9 Å². The maximum Gasteiger partial charge on any atom is 0.414 e. The van der Waals surface area contributed by atoms with Crippen LogP contribution in [-0.2, 0) is 22.7 Å². The Morgan fingerprint density at radius 2 is 1.27 bits per heavy atom. The first-order chi connectivity index (χ1) is 19.8. The molecule has 0 spiro atoms. The van der Waals surface area contributed by atoms with Crippen molar-refractivity contribution in [1.29, 1.82) is 0 Å². The zero-order chi connectivity index (χ0) is 29.8. The second kappa shape index (κ2) is 15.1. The van der Waals surface area contributed by atoms with Gasteiger partial charge in [0.2, 0.25) is 0 Å². The van der Waals surface area contributed by atoms with Crippen LogP contribution in [-0.4, -0.2) is 85.4 Å². The molecule has 41 heavy (non-hydrogen) atoms. The molecule has 0 aliphatic carbocycles. The molecule has 4 rings (SSSR count). The fourth-order valence-electron chi connectivity index (χ4n) is 4.25. The summed E-state index contributed by atoms with van der Waals surface area (Å²) in [4.78, 5) is 35.6. The van der Waals surface area contributed by atoms with Crippen LogP contribution in [0, 0.1) is 0 Å². The molecule has 3 aromatic rings. The molecule has 0 saturated carbocycles. The predicted octanol–water partition coefficient (Wildman–Crippen LogP) is 3.41. The highest BCUT2D eigenvalue weighted by Crippen LogP contribution is 2.31. The molecule has 218 valence electrons. The first-order valence-electron chi connectivity index (χ1n) is 12.8. The molecule has 2 N–H and O–H groups in total. The van der Waals surface area contributed by atoms with Crippen LogP contribution < -0.4 is 18.9 Å². The normalized spacial score (nSPS) is 12.9. The van der Waals surface area contributed by atoms with Gasteiger partial charge in [0.25, 0.3) is 5.91 Å². The summed E-state index contributed by atoms with van der Waals surface area (Å²) in [5.74, 6) is -1.22. The summed E-state index contributed by atoms with van der Waals surface area (Å²) in [5.41, 5.74) is 2.72. The maximum atomic E-state index is 13.2. The van der Waals surface area contributed by atoms with E-state index < -0.39 is 11.9 Å². The number of aliphatic carboxylic acids is 2. The Hall–Kier alpha value is -4.77. The number of carbonyl (C=O) groups is 3. The largest absolute Gasteiger partial charge is 0.496 e. The molecule has 0 radical (unpaired) electrons. The first kappa shape index (κ1) is 30.8. The third-order valence-electron chi connectivity index (χ3n) is 6.36. The van der Waals surface area contributed by atoms with Crippen molar-refractivity contribution in [2.45, 2.75) is 13.2 Å². The summed E-state index contributed by atoms with van der Waals surface area (Å²) < 4.78 is 22.4. The molecule has 1 amide bonds. The molecule has 1 aliphatic heterocycles. The predicted molar refractivity (Wildman–Crippen MR) is 150 cm³/mol. The third kappa shape index (κ3) is 8.61. The lowest BCUT2D eigenvalue weighted by atomic mass is 10.1. The molecule has 1 aliphatic rings. The molecule has 0 atom stereocenters. The summed E-state index contributed by atoms with van der Waals surface area (Å²) >= 11 is 0. The highest BCUT2D eigenvalue weighted by atomic mass is 16.5. The first-order valence-corrected chi connectivity index (χ1v) is 12.8. The number of carboxylic acids is 2.